The molecule has 1 N–H and O–H groups in total. The van der Waals surface area contributed by atoms with Crippen LogP contribution in [0.5, 0.6) is 0 Å². The van der Waals surface area contributed by atoms with Gasteiger partial charge in [-0.1, -0.05) is 32.0 Å². The van der Waals surface area contributed by atoms with E-state index in [4.69, 9.17) is 0 Å². The predicted molar refractivity (Wildman–Crippen MR) is 89.7 cm³/mol. The van der Waals surface area contributed by atoms with Crippen LogP contribution in [0.2, 0.25) is 0 Å². The van der Waals surface area contributed by atoms with E-state index < -0.39 is 17.9 Å². The van der Waals surface area contributed by atoms with Crippen molar-refractivity contribution < 1.29 is 14.7 Å². The predicted octanol–water partition coefficient (Wildman–Crippen LogP) is 3.10. The lowest BCUT2D eigenvalue weighted by molar-refractivity contribution is -0.140. The van der Waals surface area contributed by atoms with Gasteiger partial charge in [-0.05, 0) is 35.2 Å². The fourth-order valence-corrected chi connectivity index (χ4v) is 3.38. The van der Waals surface area contributed by atoms with Gasteiger partial charge in [0.1, 0.15) is 5.92 Å². The van der Waals surface area contributed by atoms with Crippen molar-refractivity contribution in [1.82, 2.24) is 9.88 Å². The van der Waals surface area contributed by atoms with Crippen LogP contribution in [0, 0.1) is 5.92 Å². The Morgan fingerprint density at radius 2 is 1.88 bits per heavy atom. The minimum absolute atomic E-state index is 0.112. The number of carbonyl (C=O) groups is 2. The van der Waals surface area contributed by atoms with Gasteiger partial charge in [0.25, 0.3) is 5.91 Å². The van der Waals surface area contributed by atoms with Crippen molar-refractivity contribution in [3.8, 4) is 0 Å². The summed E-state index contributed by atoms with van der Waals surface area (Å²) in [6.45, 7) is 4.55. The molecule has 1 aromatic heterocycles. The van der Waals surface area contributed by atoms with E-state index in [1.165, 1.54) is 0 Å². The summed E-state index contributed by atoms with van der Waals surface area (Å²) in [7, 11) is 0. The Hall–Kier alpha value is -2.69. The molecule has 0 aliphatic carbocycles. The third-order valence-electron chi connectivity index (χ3n) is 4.31. The first-order valence-corrected chi connectivity index (χ1v) is 8.03. The Morgan fingerprint density at radius 1 is 1.21 bits per heavy atom. The van der Waals surface area contributed by atoms with E-state index in [0.29, 0.717) is 17.7 Å². The van der Waals surface area contributed by atoms with Gasteiger partial charge in [-0.15, -0.1) is 0 Å². The SMILES string of the molecule is CC(C)CN1C(=O)c2ccccc2C(C(=O)O)C1c1ccncc1. The average molecular weight is 324 g/mol. The molecule has 5 heteroatoms. The molecule has 0 radical (unpaired) electrons. The molecule has 0 spiro atoms. The van der Waals surface area contributed by atoms with Gasteiger partial charge in [-0.25, -0.2) is 0 Å². The highest BCUT2D eigenvalue weighted by Crippen LogP contribution is 2.42. The fourth-order valence-electron chi connectivity index (χ4n) is 3.38. The molecule has 2 atom stereocenters. The summed E-state index contributed by atoms with van der Waals surface area (Å²) in [4.78, 5) is 30.8. The molecule has 1 aromatic carbocycles. The van der Waals surface area contributed by atoms with Crippen LogP contribution >= 0.6 is 0 Å². The molecule has 2 unspecified atom stereocenters. The van der Waals surface area contributed by atoms with Gasteiger partial charge in [0.2, 0.25) is 0 Å². The van der Waals surface area contributed by atoms with Gasteiger partial charge in [-0.3, -0.25) is 14.6 Å². The number of nitrogens with zero attached hydrogens (tertiary/aromatic N) is 2. The summed E-state index contributed by atoms with van der Waals surface area (Å²) in [6.07, 6.45) is 3.26. The highest BCUT2D eigenvalue weighted by Gasteiger charge is 2.44. The maximum absolute atomic E-state index is 13.0. The van der Waals surface area contributed by atoms with Gasteiger partial charge in [0.05, 0.1) is 6.04 Å². The first-order valence-electron chi connectivity index (χ1n) is 8.03. The maximum Gasteiger partial charge on any atom is 0.313 e. The minimum Gasteiger partial charge on any atom is -0.481 e. The number of fused-ring (bicyclic) bond motifs is 1. The van der Waals surface area contributed by atoms with Crippen molar-refractivity contribution in [1.29, 1.82) is 0 Å². The highest BCUT2D eigenvalue weighted by molar-refractivity contribution is 6.00. The van der Waals surface area contributed by atoms with E-state index in [0.717, 1.165) is 5.56 Å². The number of pyridine rings is 1. The minimum atomic E-state index is -0.925. The number of hydrogen-bond donors (Lipinski definition) is 1. The maximum atomic E-state index is 13.0. The molecular weight excluding hydrogens is 304 g/mol. The first-order chi connectivity index (χ1) is 11.5. The van der Waals surface area contributed by atoms with Gasteiger partial charge in [0, 0.05) is 24.5 Å². The second kappa shape index (κ2) is 6.43. The third kappa shape index (κ3) is 2.77. The number of amides is 1. The van der Waals surface area contributed by atoms with Gasteiger partial charge >= 0.3 is 5.97 Å². The fraction of sp³-hybridized carbons (Fsp3) is 0.316. The van der Waals surface area contributed by atoms with Gasteiger partial charge in [0.15, 0.2) is 0 Å². The zero-order valence-corrected chi connectivity index (χ0v) is 13.7. The van der Waals surface area contributed by atoms with Crippen LogP contribution in [0.15, 0.2) is 48.8 Å². The smallest absolute Gasteiger partial charge is 0.313 e. The Bertz CT molecular complexity index is 758. The van der Waals surface area contributed by atoms with Gasteiger partial charge in [-0.2, -0.15) is 0 Å². The van der Waals surface area contributed by atoms with Crippen LogP contribution in [0.25, 0.3) is 0 Å². The molecule has 1 aliphatic rings. The Balaban J connectivity index is 2.20. The number of benzene rings is 1. The number of carboxylic acid groups (broad SMARTS) is 1. The van der Waals surface area contributed by atoms with Crippen LogP contribution in [0.1, 0.15) is 47.3 Å². The van der Waals surface area contributed by atoms with Gasteiger partial charge < -0.3 is 10.0 Å². The number of carbonyl (C=O) groups excluding carboxylic acids is 1. The lowest BCUT2D eigenvalue weighted by Crippen LogP contribution is -2.46. The van der Waals surface area contributed by atoms with E-state index in [1.54, 1.807) is 53.7 Å². The van der Waals surface area contributed by atoms with E-state index >= 15 is 0 Å². The quantitative estimate of drug-likeness (QED) is 0.938. The molecule has 1 aliphatic heterocycles. The average Bonchev–Trinajstić information content (AvgIpc) is 2.57. The molecule has 1 amide bonds. The molecule has 24 heavy (non-hydrogen) atoms. The summed E-state index contributed by atoms with van der Waals surface area (Å²) in [5.41, 5.74) is 1.86. The topological polar surface area (TPSA) is 70.5 Å². The van der Waals surface area contributed by atoms with Crippen LogP contribution < -0.4 is 0 Å². The van der Waals surface area contributed by atoms with Crippen molar-refractivity contribution >= 4 is 11.9 Å². The van der Waals surface area contributed by atoms with Crippen LogP contribution in [-0.4, -0.2) is 33.4 Å². The lowest BCUT2D eigenvalue weighted by Gasteiger charge is -2.41. The Labute approximate surface area is 140 Å². The van der Waals surface area contributed by atoms with Crippen molar-refractivity contribution in [2.45, 2.75) is 25.8 Å². The summed E-state index contributed by atoms with van der Waals surface area (Å²) >= 11 is 0. The molecule has 2 aromatic rings. The lowest BCUT2D eigenvalue weighted by atomic mass is 9.79. The number of rotatable bonds is 4. The van der Waals surface area contributed by atoms with E-state index in [-0.39, 0.29) is 11.8 Å². The van der Waals surface area contributed by atoms with Crippen molar-refractivity contribution in [2.75, 3.05) is 6.54 Å². The molecule has 3 rings (SSSR count). The Kier molecular flexibility index (Phi) is 4.34. The first kappa shape index (κ1) is 16.2. The number of aromatic nitrogens is 1. The molecule has 0 saturated heterocycles. The molecular formula is C19H20N2O3. The molecule has 2 heterocycles. The number of hydrogen-bond acceptors (Lipinski definition) is 3. The van der Waals surface area contributed by atoms with E-state index in [1.807, 2.05) is 13.8 Å². The number of aliphatic carboxylic acids is 1. The van der Waals surface area contributed by atoms with E-state index in [9.17, 15) is 14.7 Å². The standard InChI is InChI=1S/C19H20N2O3/c1-12(2)11-21-17(13-7-9-20-10-8-13)16(19(23)24)14-5-3-4-6-15(14)18(21)22/h3-10,12,16-17H,11H2,1-2H3,(H,23,24). The van der Waals surface area contributed by atoms with Crippen LogP contribution in [0.3, 0.4) is 0 Å². The second-order valence-corrected chi connectivity index (χ2v) is 6.48. The second-order valence-electron chi connectivity index (χ2n) is 6.48. The zero-order chi connectivity index (χ0) is 17.3. The Morgan fingerprint density at radius 3 is 2.50 bits per heavy atom. The third-order valence-corrected chi connectivity index (χ3v) is 4.31. The highest BCUT2D eigenvalue weighted by atomic mass is 16.4. The number of carboxylic acids is 1. The molecule has 0 fully saturated rings. The van der Waals surface area contributed by atoms with Crippen molar-refractivity contribution in [3.05, 3.63) is 65.5 Å². The van der Waals surface area contributed by atoms with E-state index in [2.05, 4.69) is 4.98 Å². The molecule has 124 valence electrons. The largest absolute Gasteiger partial charge is 0.481 e. The van der Waals surface area contributed by atoms with Crippen LogP contribution in [0.4, 0.5) is 0 Å². The monoisotopic (exact) mass is 324 g/mol. The molecule has 0 saturated carbocycles. The summed E-state index contributed by atoms with van der Waals surface area (Å²) in [6, 6.07) is 10.1. The zero-order valence-electron chi connectivity index (χ0n) is 13.7. The van der Waals surface area contributed by atoms with Crippen molar-refractivity contribution in [3.63, 3.8) is 0 Å². The van der Waals surface area contributed by atoms with Crippen LogP contribution in [-0.2, 0) is 4.79 Å². The van der Waals surface area contributed by atoms with Crippen molar-refractivity contribution in [2.24, 2.45) is 5.92 Å². The summed E-state index contributed by atoms with van der Waals surface area (Å²) in [5.74, 6) is -1.60. The summed E-state index contributed by atoms with van der Waals surface area (Å²) in [5, 5.41) is 9.90. The summed E-state index contributed by atoms with van der Waals surface area (Å²) < 4.78 is 0. The molecule has 5 nitrogen and oxygen atoms in total. The molecule has 0 bridgehead atoms. The normalized spacial score (nSPS) is 20.1.